The Morgan fingerprint density at radius 1 is 1.07 bits per heavy atom. The van der Waals surface area contributed by atoms with Crippen LogP contribution < -0.4 is 4.90 Å². The molecule has 0 bridgehead atoms. The lowest BCUT2D eigenvalue weighted by atomic mass is 10.0. The van der Waals surface area contributed by atoms with Gasteiger partial charge in [-0.3, -0.25) is 4.79 Å². The topological polar surface area (TPSA) is 49.6 Å². The lowest BCUT2D eigenvalue weighted by Crippen LogP contribution is -2.37. The van der Waals surface area contributed by atoms with Crippen LogP contribution in [0.4, 0.5) is 5.88 Å². The molecule has 0 N–H and O–H groups in total. The molecule has 0 atom stereocenters. The van der Waals surface area contributed by atoms with Crippen LogP contribution in [0.2, 0.25) is 0 Å². The minimum absolute atomic E-state index is 0.200. The van der Waals surface area contributed by atoms with E-state index in [9.17, 15) is 4.79 Å². The highest BCUT2D eigenvalue weighted by atomic mass is 16.5. The third-order valence-corrected chi connectivity index (χ3v) is 6.41. The zero-order chi connectivity index (χ0) is 20.2. The zero-order valence-corrected chi connectivity index (χ0v) is 17.8. The molecule has 156 valence electrons. The van der Waals surface area contributed by atoms with Crippen molar-refractivity contribution in [3.8, 4) is 11.3 Å². The molecule has 1 aromatic carbocycles. The van der Waals surface area contributed by atoms with Crippen molar-refractivity contribution in [2.75, 3.05) is 24.5 Å². The number of carbonyl (C=O) groups excluding carboxylic acids is 1. The highest BCUT2D eigenvalue weighted by Crippen LogP contribution is 2.36. The molecule has 0 aliphatic heterocycles. The molecular formula is C24H33N3O2. The molecular weight excluding hydrogens is 362 g/mol. The third-order valence-electron chi connectivity index (χ3n) is 6.41. The SMILES string of the molecule is CCN(CC)c1onc(-c2ccccc2)c1CN(CC1CC1)C(=O)C1CCCC1. The number of rotatable bonds is 9. The summed E-state index contributed by atoms with van der Waals surface area (Å²) in [5, 5.41) is 4.45. The van der Waals surface area contributed by atoms with Crippen molar-refractivity contribution in [2.24, 2.45) is 11.8 Å². The Hall–Kier alpha value is -2.30. The van der Waals surface area contributed by atoms with Gasteiger partial charge < -0.3 is 14.3 Å². The second-order valence-electron chi connectivity index (χ2n) is 8.50. The van der Waals surface area contributed by atoms with Gasteiger partial charge in [0.05, 0.1) is 12.1 Å². The molecule has 0 radical (unpaired) electrons. The van der Waals surface area contributed by atoms with E-state index in [1.807, 2.05) is 18.2 Å². The first-order valence-corrected chi connectivity index (χ1v) is 11.3. The molecule has 4 rings (SSSR count). The lowest BCUT2D eigenvalue weighted by Gasteiger charge is -2.27. The number of hydrogen-bond acceptors (Lipinski definition) is 4. The first-order chi connectivity index (χ1) is 14.2. The van der Waals surface area contributed by atoms with Crippen LogP contribution in [0.25, 0.3) is 11.3 Å². The molecule has 29 heavy (non-hydrogen) atoms. The smallest absolute Gasteiger partial charge is 0.232 e. The third kappa shape index (κ3) is 4.49. The molecule has 2 fully saturated rings. The summed E-state index contributed by atoms with van der Waals surface area (Å²) in [4.78, 5) is 17.7. The van der Waals surface area contributed by atoms with Crippen LogP contribution in [0.1, 0.15) is 57.9 Å². The number of carbonyl (C=O) groups is 1. The van der Waals surface area contributed by atoms with Crippen LogP contribution in [0.15, 0.2) is 34.9 Å². The van der Waals surface area contributed by atoms with Gasteiger partial charge in [0.1, 0.15) is 5.69 Å². The molecule has 0 saturated heterocycles. The van der Waals surface area contributed by atoms with E-state index in [0.717, 1.165) is 55.2 Å². The summed E-state index contributed by atoms with van der Waals surface area (Å²) in [6, 6.07) is 10.2. The summed E-state index contributed by atoms with van der Waals surface area (Å²) < 4.78 is 5.86. The Labute approximate surface area is 174 Å². The van der Waals surface area contributed by atoms with Crippen molar-refractivity contribution >= 4 is 11.8 Å². The fraction of sp³-hybridized carbons (Fsp3) is 0.583. The molecule has 2 aliphatic carbocycles. The van der Waals surface area contributed by atoms with Crippen molar-refractivity contribution in [3.63, 3.8) is 0 Å². The van der Waals surface area contributed by atoms with Gasteiger partial charge in [0.2, 0.25) is 11.8 Å². The fourth-order valence-electron chi connectivity index (χ4n) is 4.49. The summed E-state index contributed by atoms with van der Waals surface area (Å²) in [5.74, 6) is 2.01. The number of aromatic nitrogens is 1. The standard InChI is InChI=1S/C24H33N3O2/c1-3-26(4-2)24-21(22(25-29-24)19-10-6-5-7-11-19)17-27(16-18-14-15-18)23(28)20-12-8-9-13-20/h5-7,10-11,18,20H,3-4,8-9,12-17H2,1-2H3. The van der Waals surface area contributed by atoms with Gasteiger partial charge in [0.15, 0.2) is 0 Å². The van der Waals surface area contributed by atoms with Gasteiger partial charge in [0.25, 0.3) is 0 Å². The van der Waals surface area contributed by atoms with Crippen molar-refractivity contribution in [3.05, 3.63) is 35.9 Å². The van der Waals surface area contributed by atoms with Crippen molar-refractivity contribution in [1.29, 1.82) is 0 Å². The minimum Gasteiger partial charge on any atom is -0.341 e. The molecule has 0 spiro atoms. The summed E-state index contributed by atoms with van der Waals surface area (Å²) in [6.45, 7) is 7.42. The number of nitrogens with zero attached hydrogens (tertiary/aromatic N) is 3. The molecule has 1 amide bonds. The summed E-state index contributed by atoms with van der Waals surface area (Å²) in [6.07, 6.45) is 6.93. The fourth-order valence-corrected chi connectivity index (χ4v) is 4.49. The predicted molar refractivity (Wildman–Crippen MR) is 116 cm³/mol. The van der Waals surface area contributed by atoms with E-state index in [2.05, 4.69) is 40.9 Å². The van der Waals surface area contributed by atoms with Crippen LogP contribution in [-0.2, 0) is 11.3 Å². The predicted octanol–water partition coefficient (Wildman–Crippen LogP) is 5.12. The van der Waals surface area contributed by atoms with E-state index in [0.29, 0.717) is 18.4 Å². The van der Waals surface area contributed by atoms with Gasteiger partial charge in [-0.2, -0.15) is 0 Å². The Kier molecular flexibility index (Phi) is 6.22. The quantitative estimate of drug-likeness (QED) is 0.591. The highest BCUT2D eigenvalue weighted by molar-refractivity contribution is 5.80. The van der Waals surface area contributed by atoms with E-state index >= 15 is 0 Å². The minimum atomic E-state index is 0.200. The lowest BCUT2D eigenvalue weighted by molar-refractivity contribution is -0.136. The number of amides is 1. The van der Waals surface area contributed by atoms with E-state index in [1.165, 1.54) is 25.7 Å². The van der Waals surface area contributed by atoms with Crippen LogP contribution in [0.5, 0.6) is 0 Å². The van der Waals surface area contributed by atoms with Gasteiger partial charge in [-0.1, -0.05) is 48.3 Å². The van der Waals surface area contributed by atoms with Crippen LogP contribution >= 0.6 is 0 Å². The molecule has 1 heterocycles. The Bertz CT molecular complexity index is 803. The number of anilines is 1. The maximum Gasteiger partial charge on any atom is 0.232 e. The maximum atomic E-state index is 13.4. The van der Waals surface area contributed by atoms with Crippen LogP contribution in [0.3, 0.4) is 0 Å². The Morgan fingerprint density at radius 3 is 2.38 bits per heavy atom. The first-order valence-electron chi connectivity index (χ1n) is 11.3. The summed E-state index contributed by atoms with van der Waals surface area (Å²) in [5.41, 5.74) is 2.96. The van der Waals surface area contributed by atoms with Crippen molar-refractivity contribution in [2.45, 2.75) is 58.9 Å². The van der Waals surface area contributed by atoms with Crippen LogP contribution in [0, 0.1) is 11.8 Å². The highest BCUT2D eigenvalue weighted by Gasteiger charge is 2.34. The monoisotopic (exact) mass is 395 g/mol. The molecule has 0 unspecified atom stereocenters. The molecule has 2 aromatic rings. The molecule has 5 nitrogen and oxygen atoms in total. The van der Waals surface area contributed by atoms with Gasteiger partial charge in [-0.15, -0.1) is 0 Å². The van der Waals surface area contributed by atoms with Gasteiger partial charge in [0, 0.05) is 31.1 Å². The van der Waals surface area contributed by atoms with Gasteiger partial charge in [-0.05, 0) is 45.4 Å². The summed E-state index contributed by atoms with van der Waals surface area (Å²) >= 11 is 0. The average Bonchev–Trinajstić information content (AvgIpc) is 3.24. The maximum absolute atomic E-state index is 13.4. The Balaban J connectivity index is 1.67. The molecule has 2 aliphatic rings. The number of benzene rings is 1. The zero-order valence-electron chi connectivity index (χ0n) is 17.8. The Morgan fingerprint density at radius 2 is 1.76 bits per heavy atom. The van der Waals surface area contributed by atoms with Crippen LogP contribution in [-0.4, -0.2) is 35.6 Å². The summed E-state index contributed by atoms with van der Waals surface area (Å²) in [7, 11) is 0. The van der Waals surface area contributed by atoms with E-state index in [4.69, 9.17) is 4.52 Å². The van der Waals surface area contributed by atoms with Gasteiger partial charge in [-0.25, -0.2) is 0 Å². The second-order valence-corrected chi connectivity index (χ2v) is 8.50. The largest absolute Gasteiger partial charge is 0.341 e. The average molecular weight is 396 g/mol. The normalized spacial score (nSPS) is 16.9. The van der Waals surface area contributed by atoms with E-state index in [-0.39, 0.29) is 5.92 Å². The second kappa shape index (κ2) is 9.02. The van der Waals surface area contributed by atoms with E-state index in [1.54, 1.807) is 0 Å². The van der Waals surface area contributed by atoms with E-state index < -0.39 is 0 Å². The first kappa shape index (κ1) is 20.0. The van der Waals surface area contributed by atoms with Gasteiger partial charge >= 0.3 is 0 Å². The molecule has 2 saturated carbocycles. The molecule has 1 aromatic heterocycles. The number of hydrogen-bond donors (Lipinski definition) is 0. The molecule has 5 heteroatoms. The van der Waals surface area contributed by atoms with Crippen molar-refractivity contribution in [1.82, 2.24) is 10.1 Å². The van der Waals surface area contributed by atoms with Crippen molar-refractivity contribution < 1.29 is 9.32 Å².